The number of aryl methyl sites for hydroxylation is 1. The van der Waals surface area contributed by atoms with E-state index in [1.54, 1.807) is 0 Å². The van der Waals surface area contributed by atoms with Crippen LogP contribution in [0.25, 0.3) is 0 Å². The zero-order chi connectivity index (χ0) is 12.1. The van der Waals surface area contributed by atoms with Gasteiger partial charge >= 0.3 is 5.97 Å². The number of benzene rings is 1. The Kier molecular flexibility index (Phi) is 3.98. The lowest BCUT2D eigenvalue weighted by Gasteiger charge is -2.09. The highest BCUT2D eigenvalue weighted by Gasteiger charge is 2.24. The molecule has 4 heteroatoms. The Morgan fingerprint density at radius 3 is 2.94 bits per heavy atom. The van der Waals surface area contributed by atoms with Crippen LogP contribution in [0.2, 0.25) is 0 Å². The average Bonchev–Trinajstić information content (AvgIpc) is 3.18. The molecule has 4 nitrogen and oxygen atoms in total. The number of hydrogen-bond donors (Lipinski definition) is 0. The molecule has 2 rings (SSSR count). The van der Waals surface area contributed by atoms with Crippen molar-refractivity contribution in [2.45, 2.75) is 19.4 Å². The molecule has 1 atom stereocenters. The van der Waals surface area contributed by atoms with Gasteiger partial charge in [0.15, 0.2) is 6.61 Å². The van der Waals surface area contributed by atoms with E-state index < -0.39 is 0 Å². The highest BCUT2D eigenvalue weighted by atomic mass is 16.6. The summed E-state index contributed by atoms with van der Waals surface area (Å²) >= 11 is 0. The summed E-state index contributed by atoms with van der Waals surface area (Å²) in [5, 5.41) is 0. The molecule has 0 amide bonds. The number of esters is 1. The van der Waals surface area contributed by atoms with Gasteiger partial charge in [0.25, 0.3) is 0 Å². The van der Waals surface area contributed by atoms with Gasteiger partial charge < -0.3 is 14.2 Å². The summed E-state index contributed by atoms with van der Waals surface area (Å²) in [6.45, 7) is 3.01. The lowest BCUT2D eigenvalue weighted by molar-refractivity contribution is -0.146. The Morgan fingerprint density at radius 2 is 2.24 bits per heavy atom. The van der Waals surface area contributed by atoms with Gasteiger partial charge in [0.1, 0.15) is 18.5 Å². The molecule has 1 aromatic carbocycles. The maximum atomic E-state index is 11.3. The van der Waals surface area contributed by atoms with Gasteiger partial charge in [0.2, 0.25) is 0 Å². The molecule has 0 saturated carbocycles. The number of carbonyl (C=O) groups excluding carboxylic acids is 1. The van der Waals surface area contributed by atoms with Gasteiger partial charge in [-0.15, -0.1) is 0 Å². The van der Waals surface area contributed by atoms with E-state index in [4.69, 9.17) is 14.2 Å². The minimum Gasteiger partial charge on any atom is -0.482 e. The first-order valence-corrected chi connectivity index (χ1v) is 5.77. The first-order chi connectivity index (χ1) is 8.29. The summed E-state index contributed by atoms with van der Waals surface area (Å²) in [6.07, 6.45) is 0.975. The molecule has 0 bridgehead atoms. The standard InChI is InChI=1S/C13H16O4/c1-2-10-5-3-4-6-12(10)16-9-13(14)17-8-11-7-15-11/h3-6,11H,2,7-9H2,1H3/t11-/m1/s1. The second kappa shape index (κ2) is 5.68. The average molecular weight is 236 g/mol. The van der Waals surface area contributed by atoms with Crippen LogP contribution < -0.4 is 4.74 Å². The van der Waals surface area contributed by atoms with Crippen molar-refractivity contribution in [3.8, 4) is 5.75 Å². The van der Waals surface area contributed by atoms with Crippen molar-refractivity contribution in [1.29, 1.82) is 0 Å². The summed E-state index contributed by atoms with van der Waals surface area (Å²) in [6, 6.07) is 7.68. The smallest absolute Gasteiger partial charge is 0.344 e. The van der Waals surface area contributed by atoms with Crippen molar-refractivity contribution >= 4 is 5.97 Å². The molecule has 1 heterocycles. The van der Waals surface area contributed by atoms with Gasteiger partial charge in [-0.3, -0.25) is 0 Å². The number of carbonyl (C=O) groups is 1. The second-order valence-corrected chi connectivity index (χ2v) is 3.89. The van der Waals surface area contributed by atoms with Gasteiger partial charge in [0.05, 0.1) is 6.61 Å². The molecule has 1 aromatic rings. The largest absolute Gasteiger partial charge is 0.482 e. The SMILES string of the molecule is CCc1ccccc1OCC(=O)OC[C@H]1CO1. The van der Waals surface area contributed by atoms with Crippen molar-refractivity contribution in [2.24, 2.45) is 0 Å². The van der Waals surface area contributed by atoms with Gasteiger partial charge in [-0.1, -0.05) is 25.1 Å². The molecule has 1 saturated heterocycles. The molecule has 1 aliphatic rings. The van der Waals surface area contributed by atoms with E-state index in [1.807, 2.05) is 31.2 Å². The number of rotatable bonds is 6. The monoisotopic (exact) mass is 236 g/mol. The maximum absolute atomic E-state index is 11.3. The van der Waals surface area contributed by atoms with Crippen LogP contribution in [0.3, 0.4) is 0 Å². The van der Waals surface area contributed by atoms with Crippen molar-refractivity contribution < 1.29 is 19.0 Å². The molecule has 1 aliphatic heterocycles. The lowest BCUT2D eigenvalue weighted by Crippen LogP contribution is -2.17. The van der Waals surface area contributed by atoms with Gasteiger partial charge in [-0.2, -0.15) is 0 Å². The molecule has 92 valence electrons. The summed E-state index contributed by atoms with van der Waals surface area (Å²) in [5.74, 6) is 0.390. The highest BCUT2D eigenvalue weighted by molar-refractivity contribution is 5.71. The lowest BCUT2D eigenvalue weighted by atomic mass is 10.1. The van der Waals surface area contributed by atoms with Gasteiger partial charge in [-0.05, 0) is 18.1 Å². The molecule has 0 unspecified atom stereocenters. The summed E-state index contributed by atoms with van der Waals surface area (Å²) < 4.78 is 15.3. The summed E-state index contributed by atoms with van der Waals surface area (Å²) in [4.78, 5) is 11.3. The van der Waals surface area contributed by atoms with E-state index in [1.165, 1.54) is 0 Å². The Bertz CT molecular complexity index is 385. The molecule has 0 aliphatic carbocycles. The molecule has 17 heavy (non-hydrogen) atoms. The normalized spacial score (nSPS) is 17.6. The van der Waals surface area contributed by atoms with Crippen LogP contribution in [0.1, 0.15) is 12.5 Å². The third-order valence-electron chi connectivity index (χ3n) is 2.53. The zero-order valence-corrected chi connectivity index (χ0v) is 9.85. The maximum Gasteiger partial charge on any atom is 0.344 e. The summed E-state index contributed by atoms with van der Waals surface area (Å²) in [7, 11) is 0. The van der Waals surface area contributed by atoms with E-state index in [0.717, 1.165) is 17.7 Å². The van der Waals surface area contributed by atoms with E-state index in [0.29, 0.717) is 13.2 Å². The summed E-state index contributed by atoms with van der Waals surface area (Å²) in [5.41, 5.74) is 1.09. The van der Waals surface area contributed by atoms with E-state index in [-0.39, 0.29) is 18.7 Å². The minimum absolute atomic E-state index is 0.0519. The highest BCUT2D eigenvalue weighted by Crippen LogP contribution is 2.18. The molecular weight excluding hydrogens is 220 g/mol. The van der Waals surface area contributed by atoms with Crippen LogP contribution in [0.4, 0.5) is 0 Å². The van der Waals surface area contributed by atoms with Crippen LogP contribution in [-0.4, -0.2) is 31.9 Å². The van der Waals surface area contributed by atoms with Crippen molar-refractivity contribution in [3.05, 3.63) is 29.8 Å². The third-order valence-corrected chi connectivity index (χ3v) is 2.53. The number of hydrogen-bond acceptors (Lipinski definition) is 4. The predicted octanol–water partition coefficient (Wildman–Crippen LogP) is 1.57. The van der Waals surface area contributed by atoms with Crippen LogP contribution in [-0.2, 0) is 20.7 Å². The predicted molar refractivity (Wildman–Crippen MR) is 62.0 cm³/mol. The van der Waals surface area contributed by atoms with E-state index >= 15 is 0 Å². The van der Waals surface area contributed by atoms with Crippen molar-refractivity contribution in [3.63, 3.8) is 0 Å². The Balaban J connectivity index is 1.77. The topological polar surface area (TPSA) is 48.1 Å². The number of para-hydroxylation sites is 1. The van der Waals surface area contributed by atoms with Crippen LogP contribution in [0.5, 0.6) is 5.75 Å². The zero-order valence-electron chi connectivity index (χ0n) is 9.85. The fraction of sp³-hybridized carbons (Fsp3) is 0.462. The first kappa shape index (κ1) is 11.9. The molecular formula is C13H16O4. The molecule has 0 spiro atoms. The van der Waals surface area contributed by atoms with Crippen LogP contribution in [0.15, 0.2) is 24.3 Å². The fourth-order valence-electron chi connectivity index (χ4n) is 1.47. The van der Waals surface area contributed by atoms with Crippen molar-refractivity contribution in [2.75, 3.05) is 19.8 Å². The van der Waals surface area contributed by atoms with Crippen LogP contribution in [0, 0.1) is 0 Å². The number of ether oxygens (including phenoxy) is 3. The Labute approximate surface area is 100 Å². The molecule has 0 aromatic heterocycles. The Morgan fingerprint density at radius 1 is 1.47 bits per heavy atom. The minimum atomic E-state index is -0.355. The van der Waals surface area contributed by atoms with E-state index in [2.05, 4.69) is 0 Å². The first-order valence-electron chi connectivity index (χ1n) is 5.77. The van der Waals surface area contributed by atoms with Gasteiger partial charge in [0, 0.05) is 0 Å². The Hall–Kier alpha value is -1.55. The van der Waals surface area contributed by atoms with Crippen LogP contribution >= 0.6 is 0 Å². The van der Waals surface area contributed by atoms with Gasteiger partial charge in [-0.25, -0.2) is 4.79 Å². The molecule has 0 N–H and O–H groups in total. The third kappa shape index (κ3) is 3.75. The van der Waals surface area contributed by atoms with E-state index in [9.17, 15) is 4.79 Å². The quantitative estimate of drug-likeness (QED) is 0.555. The van der Waals surface area contributed by atoms with Crippen molar-refractivity contribution in [1.82, 2.24) is 0 Å². The molecule has 1 fully saturated rings. The fourth-order valence-corrected chi connectivity index (χ4v) is 1.47. The molecule has 0 radical (unpaired) electrons. The second-order valence-electron chi connectivity index (χ2n) is 3.89. The number of epoxide rings is 1.